The Labute approximate surface area is 152 Å². The molecule has 0 aliphatic heterocycles. The van der Waals surface area contributed by atoms with Crippen LogP contribution in [0.15, 0.2) is 60.3 Å². The molecule has 0 atom stereocenters. The Hall–Kier alpha value is -3.59. The molecule has 2 amide bonds. The van der Waals surface area contributed by atoms with Gasteiger partial charge in [0.1, 0.15) is 11.6 Å². The van der Waals surface area contributed by atoms with Crippen LogP contribution in [0.2, 0.25) is 0 Å². The summed E-state index contributed by atoms with van der Waals surface area (Å²) >= 11 is 0. The molecule has 0 spiro atoms. The fraction of sp³-hybridized carbons (Fsp3) is 0.150. The molecule has 0 aromatic heterocycles. The minimum atomic E-state index is -0.521. The van der Waals surface area contributed by atoms with Gasteiger partial charge in [0.25, 0.3) is 5.91 Å². The van der Waals surface area contributed by atoms with E-state index in [1.165, 1.54) is 11.8 Å². The molecular weight excluding hydrogens is 328 g/mol. The lowest BCUT2D eigenvalue weighted by molar-refractivity contribution is -0.112. The van der Waals surface area contributed by atoms with Gasteiger partial charge in [0.15, 0.2) is 0 Å². The highest BCUT2D eigenvalue weighted by molar-refractivity contribution is 6.06. The number of primary amides is 1. The van der Waals surface area contributed by atoms with Crippen molar-refractivity contribution in [2.24, 2.45) is 5.73 Å². The van der Waals surface area contributed by atoms with Gasteiger partial charge in [0, 0.05) is 23.1 Å². The molecule has 2 rings (SSSR count). The van der Waals surface area contributed by atoms with E-state index in [2.05, 4.69) is 24.5 Å². The Kier molecular flexibility index (Phi) is 6.12. The van der Waals surface area contributed by atoms with Gasteiger partial charge in [-0.25, -0.2) is 0 Å². The van der Waals surface area contributed by atoms with Crippen molar-refractivity contribution < 1.29 is 9.59 Å². The predicted octanol–water partition coefficient (Wildman–Crippen LogP) is 3.37. The Morgan fingerprint density at radius 2 is 1.62 bits per heavy atom. The van der Waals surface area contributed by atoms with Crippen molar-refractivity contribution in [3.05, 3.63) is 71.4 Å². The first kappa shape index (κ1) is 18.7. The summed E-state index contributed by atoms with van der Waals surface area (Å²) in [6.07, 6.45) is 1.32. The standard InChI is InChI=1S/C20H20N4O2/c1-13(2)14-3-9-18(10-4-14)24-20(26)16(11-21)12-23-17-7-5-15(6-8-17)19(22)25/h3-10,12-13,23H,1-2H3,(H2,22,25)(H,24,26)/b16-12-. The molecule has 2 aromatic rings. The zero-order valence-electron chi connectivity index (χ0n) is 14.6. The molecule has 0 saturated heterocycles. The van der Waals surface area contributed by atoms with E-state index < -0.39 is 11.8 Å². The number of nitrogens with one attached hydrogen (secondary N) is 2. The molecule has 4 N–H and O–H groups in total. The van der Waals surface area contributed by atoms with Crippen molar-refractivity contribution in [1.82, 2.24) is 0 Å². The van der Waals surface area contributed by atoms with Gasteiger partial charge >= 0.3 is 0 Å². The summed E-state index contributed by atoms with van der Waals surface area (Å²) in [6.45, 7) is 4.18. The summed E-state index contributed by atoms with van der Waals surface area (Å²) in [5.41, 5.74) is 7.89. The number of amides is 2. The van der Waals surface area contributed by atoms with Gasteiger partial charge < -0.3 is 16.4 Å². The lowest BCUT2D eigenvalue weighted by Crippen LogP contribution is -2.14. The SMILES string of the molecule is CC(C)c1ccc(NC(=O)/C(C#N)=C\Nc2ccc(C(N)=O)cc2)cc1. The number of carbonyl (C=O) groups is 2. The smallest absolute Gasteiger partial charge is 0.267 e. The first-order chi connectivity index (χ1) is 12.4. The van der Waals surface area contributed by atoms with E-state index in [1.54, 1.807) is 36.4 Å². The molecule has 0 aliphatic carbocycles. The summed E-state index contributed by atoms with van der Waals surface area (Å²) in [6, 6.07) is 15.7. The molecule has 0 saturated carbocycles. The van der Waals surface area contributed by atoms with Crippen LogP contribution in [0.1, 0.15) is 35.7 Å². The van der Waals surface area contributed by atoms with Crippen LogP contribution in [-0.2, 0) is 4.79 Å². The quantitative estimate of drug-likeness (QED) is 0.549. The normalized spacial score (nSPS) is 10.9. The van der Waals surface area contributed by atoms with E-state index in [9.17, 15) is 14.9 Å². The third kappa shape index (κ3) is 4.95. The molecular formula is C20H20N4O2. The van der Waals surface area contributed by atoms with Crippen molar-refractivity contribution in [2.75, 3.05) is 10.6 Å². The number of rotatable bonds is 6. The van der Waals surface area contributed by atoms with Gasteiger partial charge in [0.05, 0.1) is 0 Å². The fourth-order valence-electron chi connectivity index (χ4n) is 2.18. The van der Waals surface area contributed by atoms with E-state index in [0.29, 0.717) is 22.9 Å². The van der Waals surface area contributed by atoms with Crippen molar-refractivity contribution in [1.29, 1.82) is 5.26 Å². The molecule has 0 aliphatic rings. The fourth-order valence-corrected chi connectivity index (χ4v) is 2.18. The molecule has 0 fully saturated rings. The third-order valence-electron chi connectivity index (χ3n) is 3.75. The Balaban J connectivity index is 2.04. The average Bonchev–Trinajstić information content (AvgIpc) is 2.63. The van der Waals surface area contributed by atoms with Crippen LogP contribution in [0.5, 0.6) is 0 Å². The number of nitrogens with two attached hydrogens (primary N) is 1. The van der Waals surface area contributed by atoms with E-state index >= 15 is 0 Å². The number of nitrogens with zero attached hydrogens (tertiary/aromatic N) is 1. The maximum Gasteiger partial charge on any atom is 0.267 e. The van der Waals surface area contributed by atoms with E-state index in [1.807, 2.05) is 18.2 Å². The molecule has 2 aromatic carbocycles. The highest BCUT2D eigenvalue weighted by Gasteiger charge is 2.10. The van der Waals surface area contributed by atoms with Gasteiger partial charge in [-0.3, -0.25) is 9.59 Å². The lowest BCUT2D eigenvalue weighted by Gasteiger charge is -2.08. The maximum atomic E-state index is 12.2. The minimum Gasteiger partial charge on any atom is -0.366 e. The summed E-state index contributed by atoms with van der Waals surface area (Å²) in [4.78, 5) is 23.3. The second kappa shape index (κ2) is 8.49. The highest BCUT2D eigenvalue weighted by Crippen LogP contribution is 2.17. The molecule has 0 unspecified atom stereocenters. The lowest BCUT2D eigenvalue weighted by atomic mass is 10.0. The van der Waals surface area contributed by atoms with Gasteiger partial charge in [-0.2, -0.15) is 5.26 Å². The van der Waals surface area contributed by atoms with Crippen molar-refractivity contribution in [2.45, 2.75) is 19.8 Å². The molecule has 6 nitrogen and oxygen atoms in total. The molecule has 6 heteroatoms. The third-order valence-corrected chi connectivity index (χ3v) is 3.75. The zero-order chi connectivity index (χ0) is 19.1. The number of carbonyl (C=O) groups excluding carboxylic acids is 2. The molecule has 0 heterocycles. The van der Waals surface area contributed by atoms with Crippen molar-refractivity contribution in [3.63, 3.8) is 0 Å². The van der Waals surface area contributed by atoms with Crippen molar-refractivity contribution >= 4 is 23.2 Å². The summed E-state index contributed by atoms with van der Waals surface area (Å²) in [5.74, 6) is -0.627. The number of hydrogen-bond acceptors (Lipinski definition) is 4. The monoisotopic (exact) mass is 348 g/mol. The summed E-state index contributed by atoms with van der Waals surface area (Å²) < 4.78 is 0. The second-order valence-electron chi connectivity index (χ2n) is 5.99. The van der Waals surface area contributed by atoms with Crippen LogP contribution >= 0.6 is 0 Å². The van der Waals surface area contributed by atoms with E-state index in [0.717, 1.165) is 0 Å². The van der Waals surface area contributed by atoms with Crippen molar-refractivity contribution in [3.8, 4) is 6.07 Å². The largest absolute Gasteiger partial charge is 0.366 e. The predicted molar refractivity (Wildman–Crippen MR) is 101 cm³/mol. The first-order valence-corrected chi connectivity index (χ1v) is 8.08. The molecule has 0 bridgehead atoms. The Morgan fingerprint density at radius 1 is 1.04 bits per heavy atom. The summed E-state index contributed by atoms with van der Waals surface area (Å²) in [5, 5.41) is 14.7. The highest BCUT2D eigenvalue weighted by atomic mass is 16.2. The van der Waals surface area contributed by atoms with Crippen LogP contribution in [0, 0.1) is 11.3 Å². The van der Waals surface area contributed by atoms with Crippen LogP contribution in [0.3, 0.4) is 0 Å². The maximum absolute atomic E-state index is 12.2. The minimum absolute atomic E-state index is 0.0723. The molecule has 132 valence electrons. The summed E-state index contributed by atoms with van der Waals surface area (Å²) in [7, 11) is 0. The Morgan fingerprint density at radius 3 is 2.12 bits per heavy atom. The van der Waals surface area contributed by atoms with Crippen LogP contribution in [0.4, 0.5) is 11.4 Å². The van der Waals surface area contributed by atoms with Gasteiger partial charge in [0.2, 0.25) is 5.91 Å². The first-order valence-electron chi connectivity index (χ1n) is 8.08. The van der Waals surface area contributed by atoms with Crippen LogP contribution < -0.4 is 16.4 Å². The number of nitriles is 1. The molecule has 26 heavy (non-hydrogen) atoms. The van der Waals surface area contributed by atoms with Gasteiger partial charge in [-0.15, -0.1) is 0 Å². The Bertz CT molecular complexity index is 860. The van der Waals surface area contributed by atoms with Crippen LogP contribution in [-0.4, -0.2) is 11.8 Å². The average molecular weight is 348 g/mol. The number of hydrogen-bond donors (Lipinski definition) is 3. The van der Waals surface area contributed by atoms with Gasteiger partial charge in [-0.1, -0.05) is 26.0 Å². The topological polar surface area (TPSA) is 108 Å². The van der Waals surface area contributed by atoms with Crippen LogP contribution in [0.25, 0.3) is 0 Å². The van der Waals surface area contributed by atoms with E-state index in [-0.39, 0.29) is 5.57 Å². The second-order valence-corrected chi connectivity index (χ2v) is 5.99. The number of benzene rings is 2. The molecule has 0 radical (unpaired) electrons. The van der Waals surface area contributed by atoms with E-state index in [4.69, 9.17) is 5.73 Å². The zero-order valence-corrected chi connectivity index (χ0v) is 14.6. The number of anilines is 2. The van der Waals surface area contributed by atoms with Gasteiger partial charge in [-0.05, 0) is 47.9 Å².